The van der Waals surface area contributed by atoms with Crippen LogP contribution in [-0.2, 0) is 6.54 Å². The zero-order chi connectivity index (χ0) is 17.9. The number of ether oxygens (including phenoxy) is 1. The van der Waals surface area contributed by atoms with E-state index in [1.165, 1.54) is 21.7 Å². The highest BCUT2D eigenvalue weighted by Crippen LogP contribution is 2.47. The molecule has 5 heteroatoms. The molecule has 2 aromatic carbocycles. The highest BCUT2D eigenvalue weighted by molar-refractivity contribution is 7.99. The summed E-state index contributed by atoms with van der Waals surface area (Å²) in [5.41, 5.74) is 3.84. The first-order valence-electron chi connectivity index (χ1n) is 8.88. The number of fused-ring (bicyclic) bond motifs is 1. The number of hydrogen-bond acceptors (Lipinski definition) is 4. The molecule has 1 aromatic heterocycles. The number of anilines is 1. The van der Waals surface area contributed by atoms with Gasteiger partial charge in [-0.2, -0.15) is 0 Å². The molecule has 4 nitrogen and oxygen atoms in total. The highest BCUT2D eigenvalue weighted by atomic mass is 32.2. The zero-order valence-electron chi connectivity index (χ0n) is 15.1. The summed E-state index contributed by atoms with van der Waals surface area (Å²) in [6.45, 7) is 3.93. The zero-order valence-corrected chi connectivity index (χ0v) is 15.9. The fourth-order valence-electron chi connectivity index (χ4n) is 3.46. The third-order valence-corrected chi connectivity index (χ3v) is 6.12. The van der Waals surface area contributed by atoms with Crippen LogP contribution in [0.25, 0.3) is 0 Å². The first-order chi connectivity index (χ1) is 12.7. The maximum atomic E-state index is 5.62. The lowest BCUT2D eigenvalue weighted by molar-refractivity contribution is 0.409. The van der Waals surface area contributed by atoms with E-state index in [4.69, 9.17) is 4.74 Å². The van der Waals surface area contributed by atoms with Crippen molar-refractivity contribution in [3.63, 3.8) is 0 Å². The molecule has 1 aliphatic rings. The first kappa shape index (κ1) is 17.0. The molecular weight excluding hydrogens is 342 g/mol. The Morgan fingerprint density at radius 2 is 2.15 bits per heavy atom. The van der Waals surface area contributed by atoms with Gasteiger partial charge < -0.3 is 14.6 Å². The molecule has 1 unspecified atom stereocenters. The van der Waals surface area contributed by atoms with Crippen molar-refractivity contribution in [2.24, 2.45) is 0 Å². The van der Waals surface area contributed by atoms with E-state index in [1.807, 2.05) is 30.2 Å². The van der Waals surface area contributed by atoms with Crippen molar-refractivity contribution in [3.8, 4) is 5.75 Å². The number of nitrogens with zero attached hydrogens (tertiary/aromatic N) is 2. The van der Waals surface area contributed by atoms with E-state index in [2.05, 4.69) is 58.2 Å². The molecule has 3 aromatic rings. The predicted molar refractivity (Wildman–Crippen MR) is 107 cm³/mol. The third-order valence-electron chi connectivity index (χ3n) is 4.77. The second-order valence-electron chi connectivity index (χ2n) is 6.57. The third kappa shape index (κ3) is 3.44. The molecule has 0 aliphatic carbocycles. The predicted octanol–water partition coefficient (Wildman–Crippen LogP) is 4.97. The van der Waals surface area contributed by atoms with E-state index in [0.29, 0.717) is 5.25 Å². The van der Waals surface area contributed by atoms with Gasteiger partial charge in [0.2, 0.25) is 0 Å². The van der Waals surface area contributed by atoms with Crippen molar-refractivity contribution >= 4 is 17.4 Å². The summed E-state index contributed by atoms with van der Waals surface area (Å²) < 4.78 is 5.62. The SMILES string of the molecule is COc1ccccc1C1CCN(Cc2ncc[nH]2)c2ccc(C)cc2S1. The minimum Gasteiger partial charge on any atom is -0.496 e. The van der Waals surface area contributed by atoms with Crippen LogP contribution in [0.5, 0.6) is 5.75 Å². The molecule has 0 fully saturated rings. The fraction of sp³-hybridized carbons (Fsp3) is 0.286. The van der Waals surface area contributed by atoms with Gasteiger partial charge in [-0.05, 0) is 37.1 Å². The van der Waals surface area contributed by atoms with Gasteiger partial charge in [-0.15, -0.1) is 11.8 Å². The molecule has 4 rings (SSSR count). The van der Waals surface area contributed by atoms with Crippen LogP contribution in [0.2, 0.25) is 0 Å². The van der Waals surface area contributed by atoms with Gasteiger partial charge in [0.15, 0.2) is 0 Å². The molecule has 2 heterocycles. The minimum atomic E-state index is 0.369. The Kier molecular flexibility index (Phi) is 4.89. The van der Waals surface area contributed by atoms with Crippen molar-refractivity contribution in [2.45, 2.75) is 30.0 Å². The average molecular weight is 366 g/mol. The molecule has 0 spiro atoms. The second-order valence-corrected chi connectivity index (χ2v) is 7.81. The Hall–Kier alpha value is -2.40. The number of imidazole rings is 1. The Morgan fingerprint density at radius 1 is 1.27 bits per heavy atom. The molecule has 0 radical (unpaired) electrons. The van der Waals surface area contributed by atoms with Crippen LogP contribution in [0.15, 0.2) is 59.8 Å². The summed E-state index contributed by atoms with van der Waals surface area (Å²) in [6.07, 6.45) is 4.75. The standard InChI is InChI=1S/C21H23N3OS/c1-15-7-8-17-20(13-15)26-19(16-5-3-4-6-18(16)25-2)9-12-24(17)14-21-22-10-11-23-21/h3-8,10-11,13,19H,9,12,14H2,1-2H3,(H,22,23). The summed E-state index contributed by atoms with van der Waals surface area (Å²) in [6, 6.07) is 15.1. The monoisotopic (exact) mass is 365 g/mol. The van der Waals surface area contributed by atoms with Gasteiger partial charge in [0.1, 0.15) is 11.6 Å². The number of rotatable bonds is 4. The van der Waals surface area contributed by atoms with Gasteiger partial charge >= 0.3 is 0 Å². The Morgan fingerprint density at radius 3 is 2.96 bits per heavy atom. The molecule has 1 aliphatic heterocycles. The van der Waals surface area contributed by atoms with E-state index in [9.17, 15) is 0 Å². The fourth-order valence-corrected chi connectivity index (χ4v) is 4.89. The molecule has 26 heavy (non-hydrogen) atoms. The van der Waals surface area contributed by atoms with E-state index < -0.39 is 0 Å². The lowest BCUT2D eigenvalue weighted by Gasteiger charge is -2.23. The van der Waals surface area contributed by atoms with E-state index >= 15 is 0 Å². The molecule has 0 amide bonds. The molecule has 134 valence electrons. The van der Waals surface area contributed by atoms with Gasteiger partial charge in [-0.3, -0.25) is 0 Å². The van der Waals surface area contributed by atoms with Crippen LogP contribution in [0.1, 0.15) is 28.6 Å². The normalized spacial score (nSPS) is 16.8. The number of para-hydroxylation sites is 1. The van der Waals surface area contributed by atoms with Crippen molar-refractivity contribution in [3.05, 3.63) is 71.8 Å². The number of benzene rings is 2. The number of aromatic nitrogens is 2. The van der Waals surface area contributed by atoms with Gasteiger partial charge in [0.05, 0.1) is 19.3 Å². The minimum absolute atomic E-state index is 0.369. The van der Waals surface area contributed by atoms with Crippen LogP contribution in [0.3, 0.4) is 0 Å². The van der Waals surface area contributed by atoms with Crippen molar-refractivity contribution in [1.29, 1.82) is 0 Å². The summed E-state index contributed by atoms with van der Waals surface area (Å²) >= 11 is 1.94. The molecule has 1 N–H and O–H groups in total. The molecule has 0 bridgehead atoms. The number of H-pyrrole nitrogens is 1. The maximum absolute atomic E-state index is 5.62. The highest BCUT2D eigenvalue weighted by Gasteiger charge is 2.25. The van der Waals surface area contributed by atoms with E-state index in [1.54, 1.807) is 7.11 Å². The molecule has 0 saturated heterocycles. The van der Waals surface area contributed by atoms with E-state index in [-0.39, 0.29) is 0 Å². The largest absolute Gasteiger partial charge is 0.496 e. The van der Waals surface area contributed by atoms with Gasteiger partial charge in [0.25, 0.3) is 0 Å². The summed E-state index contributed by atoms with van der Waals surface area (Å²) in [5, 5.41) is 0.369. The van der Waals surface area contributed by atoms with Gasteiger partial charge in [0, 0.05) is 34.6 Å². The van der Waals surface area contributed by atoms with E-state index in [0.717, 1.165) is 31.1 Å². The Labute approximate surface area is 158 Å². The van der Waals surface area contributed by atoms with Crippen molar-refractivity contribution in [2.75, 3.05) is 18.6 Å². The van der Waals surface area contributed by atoms with Crippen LogP contribution >= 0.6 is 11.8 Å². The van der Waals surface area contributed by atoms with Crippen LogP contribution < -0.4 is 9.64 Å². The quantitative estimate of drug-likeness (QED) is 0.709. The maximum Gasteiger partial charge on any atom is 0.125 e. The lowest BCUT2D eigenvalue weighted by atomic mass is 10.1. The topological polar surface area (TPSA) is 41.1 Å². The van der Waals surface area contributed by atoms with Gasteiger partial charge in [-0.1, -0.05) is 24.3 Å². The number of aromatic amines is 1. The number of thioether (sulfide) groups is 1. The van der Waals surface area contributed by atoms with Crippen LogP contribution in [-0.4, -0.2) is 23.6 Å². The lowest BCUT2D eigenvalue weighted by Crippen LogP contribution is -2.24. The summed E-state index contributed by atoms with van der Waals surface area (Å²) in [7, 11) is 1.75. The average Bonchev–Trinajstić information content (AvgIpc) is 3.10. The van der Waals surface area contributed by atoms with Crippen LogP contribution in [0.4, 0.5) is 5.69 Å². The Bertz CT molecular complexity index is 879. The number of hydrogen-bond donors (Lipinski definition) is 1. The number of nitrogens with one attached hydrogen (secondary N) is 1. The molecule has 1 atom stereocenters. The van der Waals surface area contributed by atoms with Crippen LogP contribution in [0, 0.1) is 6.92 Å². The number of aryl methyl sites for hydroxylation is 1. The van der Waals surface area contributed by atoms with Crippen molar-refractivity contribution in [1.82, 2.24) is 9.97 Å². The smallest absolute Gasteiger partial charge is 0.125 e. The molecule has 0 saturated carbocycles. The summed E-state index contributed by atoms with van der Waals surface area (Å²) in [5.74, 6) is 1.97. The van der Waals surface area contributed by atoms with Gasteiger partial charge in [-0.25, -0.2) is 4.98 Å². The van der Waals surface area contributed by atoms with Crippen molar-refractivity contribution < 1.29 is 4.74 Å². The number of methoxy groups -OCH3 is 1. The Balaban J connectivity index is 1.69. The first-order valence-corrected chi connectivity index (χ1v) is 9.76. The summed E-state index contributed by atoms with van der Waals surface area (Å²) in [4.78, 5) is 11.4. The second kappa shape index (κ2) is 7.46. The molecular formula is C21H23N3OS.